The summed E-state index contributed by atoms with van der Waals surface area (Å²) in [6.45, 7) is 4.30. The van der Waals surface area contributed by atoms with Crippen LogP contribution in [0.25, 0.3) is 0 Å². The van der Waals surface area contributed by atoms with E-state index in [-0.39, 0.29) is 5.41 Å². The van der Waals surface area contributed by atoms with Crippen LogP contribution in [-0.4, -0.2) is 0 Å². The summed E-state index contributed by atoms with van der Waals surface area (Å²) < 4.78 is 0. The molecule has 0 amide bonds. The Hall–Kier alpha value is -2.25. The zero-order valence-electron chi connectivity index (χ0n) is 14.7. The Kier molecular flexibility index (Phi) is 4.27. The lowest BCUT2D eigenvalue weighted by Crippen LogP contribution is -2.34. The number of aryl methyl sites for hydroxylation is 2. The Bertz CT molecular complexity index is 842. The van der Waals surface area contributed by atoms with Gasteiger partial charge in [0.25, 0.3) is 0 Å². The van der Waals surface area contributed by atoms with Crippen LogP contribution in [0.1, 0.15) is 28.7 Å². The Morgan fingerprint density at radius 1 is 0.680 bits per heavy atom. The first-order chi connectivity index (χ1) is 12.2. The number of allylic oxidation sites excluding steroid dienone is 2. The molecule has 0 fully saturated rings. The van der Waals surface area contributed by atoms with Crippen LogP contribution in [0, 0.1) is 13.8 Å². The summed E-state index contributed by atoms with van der Waals surface area (Å²) in [6.07, 6.45) is 3.45. The predicted molar refractivity (Wildman–Crippen MR) is 108 cm³/mol. The molecule has 4 rings (SSSR count). The lowest BCUT2D eigenvalue weighted by molar-refractivity contribution is 0.586. The molecule has 3 aromatic rings. The van der Waals surface area contributed by atoms with Gasteiger partial charge in [-0.05, 0) is 43.5 Å². The summed E-state index contributed by atoms with van der Waals surface area (Å²) in [4.78, 5) is 2.74. The van der Waals surface area contributed by atoms with E-state index in [4.69, 9.17) is 0 Å². The highest BCUT2D eigenvalue weighted by Gasteiger charge is 2.43. The largest absolute Gasteiger partial charge is 0.0936 e. The average Bonchev–Trinajstić information content (AvgIpc) is 2.63. The molecule has 0 bridgehead atoms. The molecule has 0 spiro atoms. The van der Waals surface area contributed by atoms with Crippen molar-refractivity contribution in [2.75, 3.05) is 0 Å². The van der Waals surface area contributed by atoms with Crippen molar-refractivity contribution in [3.05, 3.63) is 112 Å². The minimum Gasteiger partial charge on any atom is -0.0936 e. The van der Waals surface area contributed by atoms with Crippen molar-refractivity contribution in [2.45, 2.75) is 30.6 Å². The Balaban J connectivity index is 1.79. The van der Waals surface area contributed by atoms with Crippen LogP contribution in [0.5, 0.6) is 0 Å². The molecule has 0 aliphatic heterocycles. The molecule has 0 saturated carbocycles. The van der Waals surface area contributed by atoms with Crippen molar-refractivity contribution in [2.24, 2.45) is 0 Å². The zero-order chi connectivity index (χ0) is 17.3. The lowest BCUT2D eigenvalue weighted by atomic mass is 9.65. The molecule has 0 atom stereocenters. The van der Waals surface area contributed by atoms with Crippen molar-refractivity contribution in [1.29, 1.82) is 0 Å². The molecular formula is C24H22S. The van der Waals surface area contributed by atoms with E-state index in [0.717, 1.165) is 6.42 Å². The number of benzene rings is 3. The first kappa shape index (κ1) is 16.2. The molecular weight excluding hydrogens is 320 g/mol. The van der Waals surface area contributed by atoms with Gasteiger partial charge in [0.2, 0.25) is 0 Å². The van der Waals surface area contributed by atoms with Gasteiger partial charge in [-0.2, -0.15) is 0 Å². The minimum absolute atomic E-state index is 0.0120. The molecule has 25 heavy (non-hydrogen) atoms. The summed E-state index contributed by atoms with van der Waals surface area (Å²) >= 11 is 1.90. The van der Waals surface area contributed by atoms with Crippen molar-refractivity contribution >= 4 is 11.8 Å². The third-order valence-electron chi connectivity index (χ3n) is 5.07. The predicted octanol–water partition coefficient (Wildman–Crippen LogP) is 6.67. The highest BCUT2D eigenvalue weighted by atomic mass is 32.2. The maximum absolute atomic E-state index is 2.39. The van der Waals surface area contributed by atoms with Gasteiger partial charge >= 0.3 is 0 Å². The maximum atomic E-state index is 2.39. The van der Waals surface area contributed by atoms with Gasteiger partial charge < -0.3 is 0 Å². The molecule has 0 unspecified atom stereocenters. The second-order valence-electron chi connectivity index (χ2n) is 6.82. The maximum Gasteiger partial charge on any atom is 0.0545 e. The molecule has 0 heterocycles. The van der Waals surface area contributed by atoms with Crippen molar-refractivity contribution < 1.29 is 0 Å². The molecule has 1 aliphatic rings. The second kappa shape index (κ2) is 6.57. The summed E-state index contributed by atoms with van der Waals surface area (Å²) in [5.74, 6) is 0. The van der Waals surface area contributed by atoms with E-state index in [1.165, 1.54) is 32.1 Å². The first-order valence-corrected chi connectivity index (χ1v) is 9.58. The molecule has 0 nitrogen and oxygen atoms in total. The van der Waals surface area contributed by atoms with Crippen LogP contribution in [0.3, 0.4) is 0 Å². The van der Waals surface area contributed by atoms with E-state index in [2.05, 4.69) is 98.8 Å². The normalized spacial score (nSPS) is 15.4. The first-order valence-electron chi connectivity index (χ1n) is 8.76. The summed E-state index contributed by atoms with van der Waals surface area (Å²) in [5.41, 5.74) is 5.39. The molecule has 0 aromatic heterocycles. The second-order valence-corrected chi connectivity index (χ2v) is 7.94. The minimum atomic E-state index is -0.0120. The molecule has 124 valence electrons. The highest BCUT2D eigenvalue weighted by molar-refractivity contribution is 8.03. The smallest absolute Gasteiger partial charge is 0.0545 e. The van der Waals surface area contributed by atoms with E-state index in [0.29, 0.717) is 0 Å². The SMILES string of the molecule is Cc1ccc(C2(c3ccc(C)cc3)CC=C2Sc2ccccc2)cc1. The van der Waals surface area contributed by atoms with Crippen LogP contribution in [0.15, 0.2) is 94.7 Å². The molecule has 0 N–H and O–H groups in total. The van der Waals surface area contributed by atoms with Crippen molar-refractivity contribution in [1.82, 2.24) is 0 Å². The van der Waals surface area contributed by atoms with Crippen LogP contribution < -0.4 is 0 Å². The third-order valence-corrected chi connectivity index (χ3v) is 6.32. The summed E-state index contributed by atoms with van der Waals surface area (Å²) in [7, 11) is 0. The van der Waals surface area contributed by atoms with E-state index < -0.39 is 0 Å². The quantitative estimate of drug-likeness (QED) is 0.510. The van der Waals surface area contributed by atoms with Crippen LogP contribution >= 0.6 is 11.8 Å². The monoisotopic (exact) mass is 342 g/mol. The zero-order valence-corrected chi connectivity index (χ0v) is 15.5. The van der Waals surface area contributed by atoms with Gasteiger partial charge in [-0.3, -0.25) is 0 Å². The summed E-state index contributed by atoms with van der Waals surface area (Å²) in [5, 5.41) is 0. The molecule has 0 radical (unpaired) electrons. The van der Waals surface area contributed by atoms with E-state index in [1.54, 1.807) is 0 Å². The summed E-state index contributed by atoms with van der Waals surface area (Å²) in [6, 6.07) is 28.8. The van der Waals surface area contributed by atoms with Crippen molar-refractivity contribution in [3.63, 3.8) is 0 Å². The lowest BCUT2D eigenvalue weighted by Gasteiger charge is -2.43. The van der Waals surface area contributed by atoms with E-state index in [1.807, 2.05) is 11.8 Å². The Labute approximate surface area is 154 Å². The van der Waals surface area contributed by atoms with Gasteiger partial charge in [-0.15, -0.1) is 0 Å². The van der Waals surface area contributed by atoms with Crippen LogP contribution in [0.4, 0.5) is 0 Å². The van der Waals surface area contributed by atoms with Crippen molar-refractivity contribution in [3.8, 4) is 0 Å². The number of rotatable bonds is 4. The molecule has 0 saturated heterocycles. The Morgan fingerprint density at radius 3 is 1.64 bits per heavy atom. The highest BCUT2D eigenvalue weighted by Crippen LogP contribution is 2.55. The van der Waals surface area contributed by atoms with E-state index >= 15 is 0 Å². The van der Waals surface area contributed by atoms with Gasteiger partial charge in [0.15, 0.2) is 0 Å². The van der Waals surface area contributed by atoms with Crippen LogP contribution in [-0.2, 0) is 5.41 Å². The fourth-order valence-corrected chi connectivity index (χ4v) is 4.70. The van der Waals surface area contributed by atoms with Gasteiger partial charge in [-0.1, -0.05) is 95.7 Å². The number of hydrogen-bond acceptors (Lipinski definition) is 1. The standard InChI is InChI=1S/C24H22S/c1-18-8-12-20(13-9-18)24(21-14-10-19(2)11-15-21)17-16-23(24)25-22-6-4-3-5-7-22/h3-16H,17H2,1-2H3. The molecule has 1 heteroatoms. The number of hydrogen-bond donors (Lipinski definition) is 0. The van der Waals surface area contributed by atoms with Gasteiger partial charge in [0.1, 0.15) is 0 Å². The Morgan fingerprint density at radius 2 is 1.20 bits per heavy atom. The van der Waals surface area contributed by atoms with E-state index in [9.17, 15) is 0 Å². The topological polar surface area (TPSA) is 0 Å². The van der Waals surface area contributed by atoms with Gasteiger partial charge in [0.05, 0.1) is 5.41 Å². The fraction of sp³-hybridized carbons (Fsp3) is 0.167. The third kappa shape index (κ3) is 2.94. The van der Waals surface area contributed by atoms with Crippen LogP contribution in [0.2, 0.25) is 0 Å². The number of thioether (sulfide) groups is 1. The van der Waals surface area contributed by atoms with Gasteiger partial charge in [0, 0.05) is 9.80 Å². The average molecular weight is 343 g/mol. The molecule has 1 aliphatic carbocycles. The fourth-order valence-electron chi connectivity index (χ4n) is 3.50. The molecule has 3 aromatic carbocycles. The van der Waals surface area contributed by atoms with Gasteiger partial charge in [-0.25, -0.2) is 0 Å².